The molecule has 30 heavy (non-hydrogen) atoms. The van der Waals surface area contributed by atoms with Crippen molar-refractivity contribution >= 4 is 68.3 Å². The smallest absolute Gasteiger partial charge is 0.276 e. The number of amides is 2. The molecule has 0 spiro atoms. The normalized spacial score (nSPS) is 10.9. The fraction of sp³-hybridized carbons (Fsp3) is 0.250. The summed E-state index contributed by atoms with van der Waals surface area (Å²) in [7, 11) is 0. The third-order valence-corrected chi connectivity index (χ3v) is 5.23. The highest BCUT2D eigenvalue weighted by molar-refractivity contribution is 9.10. The summed E-state index contributed by atoms with van der Waals surface area (Å²) in [5.74, 6) is -0.613. The van der Waals surface area contributed by atoms with Crippen molar-refractivity contribution in [2.45, 2.75) is 26.2 Å². The Morgan fingerprint density at radius 1 is 1.10 bits per heavy atom. The summed E-state index contributed by atoms with van der Waals surface area (Å²) in [5.41, 5.74) is 6.22. The van der Waals surface area contributed by atoms with Crippen LogP contribution in [0.2, 0.25) is 10.0 Å². The lowest BCUT2D eigenvalue weighted by molar-refractivity contribution is -0.123. The zero-order valence-electron chi connectivity index (χ0n) is 16.4. The van der Waals surface area contributed by atoms with Crippen LogP contribution in [0.15, 0.2) is 40.9 Å². The maximum absolute atomic E-state index is 12.4. The van der Waals surface area contributed by atoms with E-state index in [1.54, 1.807) is 24.3 Å². The topological polar surface area (TPSA) is 79.5 Å². The van der Waals surface area contributed by atoms with Crippen molar-refractivity contribution in [1.82, 2.24) is 16.2 Å². The minimum atomic E-state index is -0.519. The summed E-state index contributed by atoms with van der Waals surface area (Å²) in [5, 5.41) is 3.18. The first-order chi connectivity index (χ1) is 14.0. The second-order valence-corrected chi connectivity index (χ2v) is 9.37. The quantitative estimate of drug-likeness (QED) is 0.390. The van der Waals surface area contributed by atoms with Crippen LogP contribution in [-0.4, -0.2) is 23.5 Å². The van der Waals surface area contributed by atoms with Crippen LogP contribution in [0, 0.1) is 0 Å². The predicted octanol–water partition coefficient (Wildman–Crippen LogP) is 4.77. The van der Waals surface area contributed by atoms with Gasteiger partial charge in [0, 0.05) is 15.1 Å². The molecule has 0 saturated heterocycles. The number of carbonyl (C=O) groups is 2. The van der Waals surface area contributed by atoms with Gasteiger partial charge in [-0.1, -0.05) is 66.0 Å². The van der Waals surface area contributed by atoms with Gasteiger partial charge in [0.05, 0.1) is 5.02 Å². The number of nitrogens with one attached hydrogen (secondary N) is 3. The highest BCUT2D eigenvalue weighted by Crippen LogP contribution is 2.30. The molecule has 0 aliphatic heterocycles. The van der Waals surface area contributed by atoms with Crippen molar-refractivity contribution in [3.63, 3.8) is 0 Å². The van der Waals surface area contributed by atoms with E-state index in [4.69, 9.17) is 40.2 Å². The van der Waals surface area contributed by atoms with E-state index in [9.17, 15) is 9.59 Å². The molecule has 0 aliphatic carbocycles. The first-order valence-corrected chi connectivity index (χ1v) is 10.7. The largest absolute Gasteiger partial charge is 0.482 e. The molecular formula is C20H20BrCl2N3O3S. The van der Waals surface area contributed by atoms with Gasteiger partial charge in [-0.05, 0) is 53.5 Å². The molecule has 6 nitrogen and oxygen atoms in total. The Labute approximate surface area is 198 Å². The number of rotatable bonds is 4. The van der Waals surface area contributed by atoms with Crippen LogP contribution in [0.1, 0.15) is 36.7 Å². The minimum Gasteiger partial charge on any atom is -0.482 e. The number of hydrogen-bond acceptors (Lipinski definition) is 4. The van der Waals surface area contributed by atoms with Gasteiger partial charge in [0.2, 0.25) is 0 Å². The van der Waals surface area contributed by atoms with Gasteiger partial charge in [0.25, 0.3) is 11.8 Å². The van der Waals surface area contributed by atoms with Gasteiger partial charge in [-0.3, -0.25) is 25.8 Å². The van der Waals surface area contributed by atoms with Crippen molar-refractivity contribution < 1.29 is 14.3 Å². The Morgan fingerprint density at radius 3 is 2.40 bits per heavy atom. The molecule has 3 N–H and O–H groups in total. The SMILES string of the molecule is CC(C)(C)c1ccc(C(=O)NC(=S)NNC(=O)COc2ccc(Cl)cc2Cl)cc1Br. The number of thiocarbonyl (C=S) groups is 1. The van der Waals surface area contributed by atoms with Crippen LogP contribution in [-0.2, 0) is 10.2 Å². The Hall–Kier alpha value is -1.87. The average molecular weight is 533 g/mol. The molecule has 0 fully saturated rings. The lowest BCUT2D eigenvalue weighted by Crippen LogP contribution is -2.49. The second kappa shape index (κ2) is 10.4. The molecule has 0 atom stereocenters. The maximum Gasteiger partial charge on any atom is 0.276 e. The Kier molecular flexibility index (Phi) is 8.49. The number of hydrogen-bond donors (Lipinski definition) is 3. The second-order valence-electron chi connectivity index (χ2n) is 7.26. The molecule has 0 aliphatic rings. The molecule has 0 saturated carbocycles. The number of carbonyl (C=O) groups excluding carboxylic acids is 2. The molecule has 0 unspecified atom stereocenters. The van der Waals surface area contributed by atoms with Gasteiger partial charge in [-0.15, -0.1) is 0 Å². The average Bonchev–Trinajstić information content (AvgIpc) is 2.64. The summed E-state index contributed by atoms with van der Waals surface area (Å²) in [4.78, 5) is 24.3. The molecule has 0 bridgehead atoms. The van der Waals surface area contributed by atoms with Crippen molar-refractivity contribution in [1.29, 1.82) is 0 Å². The number of benzene rings is 2. The maximum atomic E-state index is 12.4. The zero-order valence-corrected chi connectivity index (χ0v) is 20.4. The van der Waals surface area contributed by atoms with Crippen LogP contribution in [0.5, 0.6) is 5.75 Å². The van der Waals surface area contributed by atoms with Gasteiger partial charge in [0.1, 0.15) is 5.75 Å². The number of halogens is 3. The van der Waals surface area contributed by atoms with Crippen LogP contribution in [0.3, 0.4) is 0 Å². The lowest BCUT2D eigenvalue weighted by atomic mass is 9.86. The third kappa shape index (κ3) is 7.12. The standard InChI is InChI=1S/C20H20BrCl2N3O3S/c1-20(2,3)13-6-4-11(8-14(13)21)18(28)24-19(30)26-25-17(27)10-29-16-7-5-12(22)9-15(16)23/h4-9H,10H2,1-3H3,(H,25,27)(H2,24,26,28,30). The first-order valence-electron chi connectivity index (χ1n) is 8.75. The van der Waals surface area contributed by atoms with Crippen molar-refractivity contribution in [3.05, 3.63) is 62.0 Å². The molecule has 10 heteroatoms. The van der Waals surface area contributed by atoms with Gasteiger partial charge in [-0.2, -0.15) is 0 Å². The van der Waals surface area contributed by atoms with E-state index in [1.807, 2.05) is 6.07 Å². The van der Waals surface area contributed by atoms with E-state index < -0.39 is 11.8 Å². The van der Waals surface area contributed by atoms with Crippen LogP contribution < -0.4 is 20.9 Å². The molecule has 160 valence electrons. The predicted molar refractivity (Wildman–Crippen MR) is 126 cm³/mol. The first kappa shape index (κ1) is 24.4. The molecule has 2 aromatic carbocycles. The summed E-state index contributed by atoms with van der Waals surface area (Å²) >= 11 is 20.3. The zero-order chi connectivity index (χ0) is 22.5. The Balaban J connectivity index is 1.83. The van der Waals surface area contributed by atoms with Gasteiger partial charge in [-0.25, -0.2) is 0 Å². The fourth-order valence-electron chi connectivity index (χ4n) is 2.37. The van der Waals surface area contributed by atoms with Gasteiger partial charge < -0.3 is 4.74 Å². The number of ether oxygens (including phenoxy) is 1. The summed E-state index contributed by atoms with van der Waals surface area (Å²) in [6.45, 7) is 5.93. The molecule has 2 aromatic rings. The Bertz CT molecular complexity index is 980. The van der Waals surface area contributed by atoms with Crippen molar-refractivity contribution in [3.8, 4) is 5.75 Å². The van der Waals surface area contributed by atoms with E-state index in [-0.39, 0.29) is 22.2 Å². The van der Waals surface area contributed by atoms with Crippen LogP contribution >= 0.6 is 51.3 Å². The van der Waals surface area contributed by atoms with Gasteiger partial charge >= 0.3 is 0 Å². The summed E-state index contributed by atoms with van der Waals surface area (Å²) < 4.78 is 6.14. The summed E-state index contributed by atoms with van der Waals surface area (Å²) in [6.07, 6.45) is 0. The van der Waals surface area contributed by atoms with E-state index in [2.05, 4.69) is 52.9 Å². The lowest BCUT2D eigenvalue weighted by Gasteiger charge is -2.21. The molecule has 0 radical (unpaired) electrons. The van der Waals surface area contributed by atoms with Crippen molar-refractivity contribution in [2.24, 2.45) is 0 Å². The number of hydrazine groups is 1. The highest BCUT2D eigenvalue weighted by Gasteiger charge is 2.18. The molecular weight excluding hydrogens is 513 g/mol. The molecule has 0 heterocycles. The Morgan fingerprint density at radius 2 is 1.80 bits per heavy atom. The fourth-order valence-corrected chi connectivity index (χ4v) is 3.95. The van der Waals surface area contributed by atoms with E-state index in [0.29, 0.717) is 16.3 Å². The summed E-state index contributed by atoms with van der Waals surface area (Å²) in [6, 6.07) is 9.98. The van der Waals surface area contributed by atoms with E-state index in [0.717, 1.165) is 10.0 Å². The molecule has 2 rings (SSSR count). The van der Waals surface area contributed by atoms with Crippen LogP contribution in [0.4, 0.5) is 0 Å². The van der Waals surface area contributed by atoms with Crippen molar-refractivity contribution in [2.75, 3.05) is 6.61 Å². The molecule has 2 amide bonds. The highest BCUT2D eigenvalue weighted by atomic mass is 79.9. The van der Waals surface area contributed by atoms with Gasteiger partial charge in [0.15, 0.2) is 11.7 Å². The monoisotopic (exact) mass is 531 g/mol. The third-order valence-electron chi connectivity index (χ3n) is 3.83. The van der Waals surface area contributed by atoms with E-state index in [1.165, 1.54) is 6.07 Å². The molecule has 0 aromatic heterocycles. The minimum absolute atomic E-state index is 0.0612. The van der Waals surface area contributed by atoms with Crippen LogP contribution in [0.25, 0.3) is 0 Å². The van der Waals surface area contributed by atoms with E-state index >= 15 is 0 Å².